The zero-order chi connectivity index (χ0) is 22.6. The minimum Gasteiger partial charge on any atom is -0.382 e. The Morgan fingerprint density at radius 2 is 1.81 bits per heavy atom. The third-order valence-corrected chi connectivity index (χ3v) is 7.42. The topological polar surface area (TPSA) is 69.7 Å². The molecule has 0 unspecified atom stereocenters. The Labute approximate surface area is 190 Å². The molecule has 2 aromatic carbocycles. The molecule has 0 bridgehead atoms. The molecule has 1 aliphatic heterocycles. The van der Waals surface area contributed by atoms with Crippen LogP contribution in [0.25, 0.3) is 0 Å². The van der Waals surface area contributed by atoms with E-state index in [2.05, 4.69) is 5.32 Å². The lowest BCUT2D eigenvalue weighted by Gasteiger charge is -2.32. The summed E-state index contributed by atoms with van der Waals surface area (Å²) < 4.78 is 28.2. The van der Waals surface area contributed by atoms with Crippen molar-refractivity contribution in [2.24, 2.45) is 5.92 Å². The van der Waals surface area contributed by atoms with Gasteiger partial charge in [0.25, 0.3) is 10.0 Å². The SMILES string of the molecule is CC(=O)N1CCC(Nc2ccc(S(=O)(=O)N(CC(C)C)c3cccc(Cl)c3)cc2)CC1. The number of sulfonamides is 1. The number of halogens is 1. The van der Waals surface area contributed by atoms with Crippen molar-refractivity contribution in [2.45, 2.75) is 44.6 Å². The Balaban J connectivity index is 1.75. The van der Waals surface area contributed by atoms with E-state index in [1.54, 1.807) is 55.5 Å². The molecule has 0 spiro atoms. The van der Waals surface area contributed by atoms with Gasteiger partial charge in [-0.2, -0.15) is 0 Å². The summed E-state index contributed by atoms with van der Waals surface area (Å²) in [5.74, 6) is 0.259. The second-order valence-electron chi connectivity index (χ2n) is 8.36. The van der Waals surface area contributed by atoms with Gasteiger partial charge in [-0.15, -0.1) is 0 Å². The van der Waals surface area contributed by atoms with Crippen molar-refractivity contribution >= 4 is 38.9 Å². The molecule has 0 aliphatic carbocycles. The van der Waals surface area contributed by atoms with Gasteiger partial charge in [0.1, 0.15) is 0 Å². The Bertz CT molecular complexity index is 1000. The van der Waals surface area contributed by atoms with E-state index < -0.39 is 10.0 Å². The number of likely N-dealkylation sites (tertiary alicyclic amines) is 1. The molecule has 0 radical (unpaired) electrons. The van der Waals surface area contributed by atoms with Crippen LogP contribution < -0.4 is 9.62 Å². The summed E-state index contributed by atoms with van der Waals surface area (Å²) in [6.07, 6.45) is 1.74. The molecule has 1 aliphatic rings. The lowest BCUT2D eigenvalue weighted by molar-refractivity contribution is -0.129. The van der Waals surface area contributed by atoms with Crippen molar-refractivity contribution in [1.82, 2.24) is 4.90 Å². The molecular formula is C23H30ClN3O3S. The van der Waals surface area contributed by atoms with Crippen molar-refractivity contribution < 1.29 is 13.2 Å². The van der Waals surface area contributed by atoms with Crippen LogP contribution in [0.5, 0.6) is 0 Å². The van der Waals surface area contributed by atoms with Gasteiger partial charge in [0.05, 0.1) is 10.6 Å². The molecule has 1 heterocycles. The summed E-state index contributed by atoms with van der Waals surface area (Å²) in [6, 6.07) is 14.1. The number of hydrogen-bond acceptors (Lipinski definition) is 4. The predicted molar refractivity (Wildman–Crippen MR) is 126 cm³/mol. The van der Waals surface area contributed by atoms with Crippen LogP contribution in [0.2, 0.25) is 5.02 Å². The summed E-state index contributed by atoms with van der Waals surface area (Å²) >= 11 is 6.11. The monoisotopic (exact) mass is 463 g/mol. The molecule has 0 saturated carbocycles. The van der Waals surface area contributed by atoms with Crippen LogP contribution in [0.1, 0.15) is 33.6 Å². The average molecular weight is 464 g/mol. The predicted octanol–water partition coefficient (Wildman–Crippen LogP) is 4.61. The Morgan fingerprint density at radius 1 is 1.16 bits per heavy atom. The normalized spacial score (nSPS) is 15.2. The van der Waals surface area contributed by atoms with Crippen molar-refractivity contribution in [3.63, 3.8) is 0 Å². The Hall–Kier alpha value is -2.25. The number of carbonyl (C=O) groups is 1. The summed E-state index contributed by atoms with van der Waals surface area (Å²) in [6.45, 7) is 7.40. The summed E-state index contributed by atoms with van der Waals surface area (Å²) in [5, 5.41) is 3.95. The van der Waals surface area contributed by atoms with Gasteiger partial charge < -0.3 is 10.2 Å². The van der Waals surface area contributed by atoms with Gasteiger partial charge in [-0.1, -0.05) is 31.5 Å². The lowest BCUT2D eigenvalue weighted by atomic mass is 10.0. The number of hydrogen-bond donors (Lipinski definition) is 1. The summed E-state index contributed by atoms with van der Waals surface area (Å²) in [7, 11) is -3.73. The number of piperidine rings is 1. The highest BCUT2D eigenvalue weighted by Gasteiger charge is 2.26. The van der Waals surface area contributed by atoms with E-state index in [9.17, 15) is 13.2 Å². The van der Waals surface area contributed by atoms with Crippen LogP contribution >= 0.6 is 11.6 Å². The van der Waals surface area contributed by atoms with Gasteiger partial charge in [-0.25, -0.2) is 8.42 Å². The van der Waals surface area contributed by atoms with Crippen molar-refractivity contribution in [2.75, 3.05) is 29.3 Å². The third-order valence-electron chi connectivity index (χ3n) is 5.38. The Kier molecular flexibility index (Phi) is 7.49. The van der Waals surface area contributed by atoms with Crippen LogP contribution in [0, 0.1) is 5.92 Å². The lowest BCUT2D eigenvalue weighted by Crippen LogP contribution is -2.41. The van der Waals surface area contributed by atoms with E-state index in [1.807, 2.05) is 18.7 Å². The maximum atomic E-state index is 13.4. The van der Waals surface area contributed by atoms with E-state index >= 15 is 0 Å². The molecule has 1 N–H and O–H groups in total. The number of nitrogens with one attached hydrogen (secondary N) is 1. The van der Waals surface area contributed by atoms with Crippen LogP contribution in [-0.2, 0) is 14.8 Å². The van der Waals surface area contributed by atoms with Gasteiger partial charge in [0.15, 0.2) is 0 Å². The first-order valence-electron chi connectivity index (χ1n) is 10.6. The second kappa shape index (κ2) is 9.92. The van der Waals surface area contributed by atoms with Crippen LogP contribution in [-0.4, -0.2) is 44.9 Å². The quantitative estimate of drug-likeness (QED) is 0.650. The standard InChI is InChI=1S/C23H30ClN3O3S/c1-17(2)16-27(22-6-4-5-19(24)15-22)31(29,30)23-9-7-20(8-10-23)25-21-11-13-26(14-12-21)18(3)28/h4-10,15,17,21,25H,11-14,16H2,1-3H3. The molecule has 0 aromatic heterocycles. The molecule has 0 atom stereocenters. The third kappa shape index (κ3) is 5.92. The highest BCUT2D eigenvalue weighted by atomic mass is 35.5. The number of rotatable bonds is 7. The van der Waals surface area contributed by atoms with Crippen LogP contribution in [0.15, 0.2) is 53.4 Å². The van der Waals surface area contributed by atoms with Gasteiger partial charge in [-0.05, 0) is 61.2 Å². The zero-order valence-electron chi connectivity index (χ0n) is 18.2. The fraction of sp³-hybridized carbons (Fsp3) is 0.435. The molecular weight excluding hydrogens is 434 g/mol. The molecule has 6 nitrogen and oxygen atoms in total. The first-order chi connectivity index (χ1) is 14.7. The Morgan fingerprint density at radius 3 is 2.35 bits per heavy atom. The molecule has 1 fully saturated rings. The number of benzene rings is 2. The molecule has 2 aromatic rings. The number of carbonyl (C=O) groups excluding carboxylic acids is 1. The van der Waals surface area contributed by atoms with Gasteiger partial charge in [0, 0.05) is 43.3 Å². The molecule has 1 saturated heterocycles. The van der Waals surface area contributed by atoms with Crippen LogP contribution in [0.3, 0.4) is 0 Å². The minimum atomic E-state index is -3.73. The maximum absolute atomic E-state index is 13.4. The largest absolute Gasteiger partial charge is 0.382 e. The summed E-state index contributed by atoms with van der Waals surface area (Å²) in [4.78, 5) is 13.6. The van der Waals surface area contributed by atoms with Gasteiger partial charge in [-0.3, -0.25) is 9.10 Å². The second-order valence-corrected chi connectivity index (χ2v) is 10.7. The molecule has 1 amide bonds. The average Bonchev–Trinajstić information content (AvgIpc) is 2.72. The molecule has 168 valence electrons. The van der Waals surface area contributed by atoms with E-state index in [1.165, 1.54) is 4.31 Å². The first kappa shape index (κ1) is 23.4. The molecule has 3 rings (SSSR count). The van der Waals surface area contributed by atoms with Crippen molar-refractivity contribution in [3.05, 3.63) is 53.6 Å². The zero-order valence-corrected chi connectivity index (χ0v) is 19.8. The van der Waals surface area contributed by atoms with E-state index in [-0.39, 0.29) is 22.8 Å². The first-order valence-corrected chi connectivity index (χ1v) is 12.4. The number of anilines is 2. The highest BCUT2D eigenvalue weighted by Crippen LogP contribution is 2.28. The maximum Gasteiger partial charge on any atom is 0.264 e. The van der Waals surface area contributed by atoms with Crippen molar-refractivity contribution in [1.29, 1.82) is 0 Å². The van der Waals surface area contributed by atoms with Gasteiger partial charge in [0.2, 0.25) is 5.91 Å². The number of amides is 1. The van der Waals surface area contributed by atoms with Crippen LogP contribution in [0.4, 0.5) is 11.4 Å². The molecule has 31 heavy (non-hydrogen) atoms. The summed E-state index contributed by atoms with van der Waals surface area (Å²) in [5.41, 5.74) is 1.43. The highest BCUT2D eigenvalue weighted by molar-refractivity contribution is 7.92. The smallest absolute Gasteiger partial charge is 0.264 e. The van der Waals surface area contributed by atoms with E-state index in [4.69, 9.17) is 11.6 Å². The number of nitrogens with zero attached hydrogens (tertiary/aromatic N) is 2. The van der Waals surface area contributed by atoms with E-state index in [0.717, 1.165) is 31.6 Å². The van der Waals surface area contributed by atoms with Gasteiger partial charge >= 0.3 is 0 Å². The fourth-order valence-electron chi connectivity index (χ4n) is 3.73. The fourth-order valence-corrected chi connectivity index (χ4v) is 5.53. The minimum absolute atomic E-state index is 0.110. The van der Waals surface area contributed by atoms with Crippen molar-refractivity contribution in [3.8, 4) is 0 Å². The molecule has 8 heteroatoms. The van der Waals surface area contributed by atoms with E-state index in [0.29, 0.717) is 17.3 Å².